The van der Waals surface area contributed by atoms with Gasteiger partial charge in [0.15, 0.2) is 6.10 Å². The Bertz CT molecular complexity index is 1550. The molecule has 4 aliphatic rings. The Morgan fingerprint density at radius 3 is 2.16 bits per heavy atom. The third-order valence-electron chi connectivity index (χ3n) is 13.5. The van der Waals surface area contributed by atoms with Gasteiger partial charge in [0, 0.05) is 24.8 Å². The molecule has 0 aromatic carbocycles. The van der Waals surface area contributed by atoms with Crippen molar-refractivity contribution in [3.8, 4) is 0 Å². The van der Waals surface area contributed by atoms with Crippen LogP contribution in [-0.2, 0) is 34.3 Å². The molecule has 0 spiro atoms. The number of amides is 1. The molecule has 4 aliphatic carbocycles. The van der Waals surface area contributed by atoms with E-state index < -0.39 is 71.5 Å². The smallest absolute Gasteiger partial charge is 0.295 e. The Labute approximate surface area is 318 Å². The Morgan fingerprint density at radius 2 is 1.56 bits per heavy atom. The molecule has 0 aromatic heterocycles. The first-order valence-corrected chi connectivity index (χ1v) is 20.3. The normalized spacial score (nSPS) is 34.1. The number of fused-ring (bicyclic) bond motifs is 5. The van der Waals surface area contributed by atoms with Crippen LogP contribution in [0.25, 0.3) is 0 Å². The number of rotatable bonds is 20. The topological polar surface area (TPSA) is 296 Å². The summed E-state index contributed by atoms with van der Waals surface area (Å²) in [7, 11) is -1.40. The third kappa shape index (κ3) is 10.7. The first-order valence-electron chi connectivity index (χ1n) is 18.7. The second kappa shape index (κ2) is 17.1. The minimum atomic E-state index is -4.78. The number of quaternary nitrogens is 1. The van der Waals surface area contributed by atoms with E-state index in [1.165, 1.54) is 0 Å². The number of nitrogens with one attached hydrogen (secondary N) is 1. The third-order valence-corrected chi connectivity index (χ3v) is 14.3. The van der Waals surface area contributed by atoms with Crippen molar-refractivity contribution in [3.63, 3.8) is 0 Å². The quantitative estimate of drug-likeness (QED) is 0.0608. The Balaban J connectivity index is 1.41. The lowest BCUT2D eigenvalue weighted by Crippen LogP contribution is -2.63. The number of nitrogens with zero attached hydrogens (tertiary/aromatic N) is 5. The van der Waals surface area contributed by atoms with Gasteiger partial charge in [-0.15, -0.1) is 40.5 Å². The fraction of sp³-hybridized carbons (Fsp3) is 0.969. The average molecular weight is 811 g/mol. The Kier molecular flexibility index (Phi) is 13.6. The molecule has 22 nitrogen and oxygen atoms in total. The summed E-state index contributed by atoms with van der Waals surface area (Å²) < 4.78 is 33.6. The molecule has 0 bridgehead atoms. The number of hydrogen-bond acceptors (Lipinski definition) is 16. The molecule has 0 aromatic rings. The summed E-state index contributed by atoms with van der Waals surface area (Å²) in [6, 6.07) is 0. The van der Waals surface area contributed by atoms with E-state index in [1.807, 2.05) is 13.8 Å². The van der Waals surface area contributed by atoms with Crippen molar-refractivity contribution < 1.29 is 61.9 Å². The minimum absolute atomic E-state index is 0.0848. The van der Waals surface area contributed by atoms with E-state index >= 15 is 0 Å². The summed E-state index contributed by atoms with van der Waals surface area (Å²) in [5, 5.41) is 45.0. The van der Waals surface area contributed by atoms with E-state index in [1.54, 1.807) is 14.1 Å². The number of hydrogen-bond donors (Lipinski definition) is 1. The molecule has 4 fully saturated rings. The predicted molar refractivity (Wildman–Crippen MR) is 186 cm³/mol. The van der Waals surface area contributed by atoms with E-state index in [4.69, 9.17) is 14.5 Å². The molecular weight excluding hydrogens is 756 g/mol. The van der Waals surface area contributed by atoms with Gasteiger partial charge in [-0.3, -0.25) is 4.79 Å². The minimum Gasteiger partial charge on any atom is -0.748 e. The fourth-order valence-electron chi connectivity index (χ4n) is 11.3. The maximum Gasteiger partial charge on any atom is 0.295 e. The molecular formula is C32H54N6O16S. The van der Waals surface area contributed by atoms with Crippen LogP contribution in [0.4, 0.5) is 0 Å². The zero-order valence-corrected chi connectivity index (χ0v) is 32.7. The molecule has 1 N–H and O–H groups in total. The first kappa shape index (κ1) is 43.9. The summed E-state index contributed by atoms with van der Waals surface area (Å²) >= 11 is 0. The highest BCUT2D eigenvalue weighted by Gasteiger charge is 2.67. The summed E-state index contributed by atoms with van der Waals surface area (Å²) in [5.74, 6) is -2.48. The zero-order valence-electron chi connectivity index (χ0n) is 31.8. The molecule has 23 heteroatoms. The lowest BCUT2D eigenvalue weighted by Gasteiger charge is -2.64. The molecule has 1 amide bonds. The van der Waals surface area contributed by atoms with Crippen LogP contribution >= 0.6 is 0 Å². The van der Waals surface area contributed by atoms with Crippen molar-refractivity contribution in [3.05, 3.63) is 40.5 Å². The average Bonchev–Trinajstić information content (AvgIpc) is 3.39. The lowest BCUT2D eigenvalue weighted by atomic mass is 9.43. The van der Waals surface area contributed by atoms with Crippen LogP contribution in [0.1, 0.15) is 85.0 Å². The molecule has 55 heavy (non-hydrogen) atoms. The maximum atomic E-state index is 12.9. The molecule has 0 heterocycles. The van der Waals surface area contributed by atoms with Crippen molar-refractivity contribution in [2.75, 3.05) is 39.5 Å². The van der Waals surface area contributed by atoms with E-state index in [0.29, 0.717) is 57.9 Å². The number of carbonyl (C=O) groups is 1. The van der Waals surface area contributed by atoms with Gasteiger partial charge in [0.2, 0.25) is 5.91 Å². The van der Waals surface area contributed by atoms with E-state index in [-0.39, 0.29) is 71.8 Å². The largest absolute Gasteiger partial charge is 0.748 e. The van der Waals surface area contributed by atoms with Crippen LogP contribution in [0.2, 0.25) is 0 Å². The second-order valence-electron chi connectivity index (χ2n) is 17.2. The highest BCUT2D eigenvalue weighted by atomic mass is 32.2. The predicted octanol–water partition coefficient (Wildman–Crippen LogP) is 2.72. The van der Waals surface area contributed by atoms with Crippen molar-refractivity contribution in [1.82, 2.24) is 5.32 Å². The van der Waals surface area contributed by atoms with Gasteiger partial charge in [0.1, 0.15) is 24.9 Å². The van der Waals surface area contributed by atoms with Crippen LogP contribution in [-0.4, -0.2) is 108 Å². The van der Waals surface area contributed by atoms with Crippen LogP contribution in [0.15, 0.2) is 0 Å². The molecule has 0 aliphatic heterocycles. The summed E-state index contributed by atoms with van der Waals surface area (Å²) in [6.07, 6.45) is 0.412. The second-order valence-corrected chi connectivity index (χ2v) is 18.6. The monoisotopic (exact) mass is 810 g/mol. The van der Waals surface area contributed by atoms with Gasteiger partial charge >= 0.3 is 0 Å². The molecule has 1 unspecified atom stereocenters. The molecule has 0 radical (unpaired) electrons. The SMILES string of the molecule is C[C@H](CCC(=O)NCCC[N+](C)(C)CC(CS(=O)(=O)[O-])O[N+](=O)[O-])[C@H]1CC[C@H]2[C@@H]3[C@H](O[N+](=O)[O-])C[C@@H]4C[C@H](O[N+](=O)[O-])CC[C@]4(C)[C@H]3C[C@H](O[N+](=O)[O-])[C@]12C. The van der Waals surface area contributed by atoms with E-state index in [9.17, 15) is 58.2 Å². The lowest BCUT2D eigenvalue weighted by molar-refractivity contribution is -0.902. The van der Waals surface area contributed by atoms with Crippen LogP contribution in [0.3, 0.4) is 0 Å². The maximum absolute atomic E-state index is 12.9. The van der Waals surface area contributed by atoms with Gasteiger partial charge < -0.3 is 33.7 Å². The number of carbonyl (C=O) groups excluding carboxylic acids is 1. The van der Waals surface area contributed by atoms with Gasteiger partial charge in [0.25, 0.3) is 20.3 Å². The van der Waals surface area contributed by atoms with Crippen molar-refractivity contribution in [1.29, 1.82) is 0 Å². The molecule has 4 saturated carbocycles. The van der Waals surface area contributed by atoms with Gasteiger partial charge in [0.05, 0.1) is 36.5 Å². The highest BCUT2D eigenvalue weighted by Crippen LogP contribution is 2.69. The summed E-state index contributed by atoms with van der Waals surface area (Å²) in [5.41, 5.74) is -1.21. The molecule has 4 rings (SSSR count). The van der Waals surface area contributed by atoms with Gasteiger partial charge in [-0.05, 0) is 92.3 Å². The highest BCUT2D eigenvalue weighted by molar-refractivity contribution is 7.85. The molecule has 314 valence electrons. The van der Waals surface area contributed by atoms with Gasteiger partial charge in [-0.25, -0.2) is 8.42 Å². The summed E-state index contributed by atoms with van der Waals surface area (Å²) in [4.78, 5) is 78.9. The van der Waals surface area contributed by atoms with Crippen LogP contribution in [0.5, 0.6) is 0 Å². The molecule has 0 saturated heterocycles. The number of likely N-dealkylation sites (N-methyl/N-ethyl adjacent to an activating group) is 1. The van der Waals surface area contributed by atoms with Crippen LogP contribution in [0, 0.1) is 86.8 Å². The molecule has 12 atom stereocenters. The Hall–Kier alpha value is -3.86. The van der Waals surface area contributed by atoms with Crippen molar-refractivity contribution in [2.45, 2.75) is 109 Å². The van der Waals surface area contributed by atoms with E-state index in [0.717, 1.165) is 0 Å². The van der Waals surface area contributed by atoms with Gasteiger partial charge in [-0.2, -0.15) is 0 Å². The standard InChI is InChI=1S/C32H54N6O16S/c1-20(7-10-29(39)33-13-6-14-38(4,5)18-23(52-35(42)43)19-55(48,49)50)24-8-9-25-30-26(17-28(32(24,25)3)54-37(46)47)31(2)12-11-22(51-34(40)41)15-21(31)16-27(30)53-36(44)45/h20-28,30H,6-19H2,1-5H3,(H-,33,39,48,49,50)/t20-,21+,22-,23?,24-,25+,26+,27-,28+,30+,31+,32-/m1/s1. The van der Waals surface area contributed by atoms with Crippen molar-refractivity contribution in [2.24, 2.45) is 46.3 Å². The fourth-order valence-corrected chi connectivity index (χ4v) is 11.9. The Morgan fingerprint density at radius 1 is 0.909 bits per heavy atom. The van der Waals surface area contributed by atoms with Gasteiger partial charge in [-0.1, -0.05) is 20.8 Å². The van der Waals surface area contributed by atoms with E-state index in [2.05, 4.69) is 17.1 Å². The van der Waals surface area contributed by atoms with Crippen LogP contribution < -0.4 is 5.32 Å². The van der Waals surface area contributed by atoms with Crippen molar-refractivity contribution >= 4 is 16.0 Å². The zero-order chi connectivity index (χ0) is 41.1. The first-order chi connectivity index (χ1) is 25.4. The summed E-state index contributed by atoms with van der Waals surface area (Å²) in [6.45, 7) is 6.54.